The van der Waals surface area contributed by atoms with Crippen LogP contribution >= 0.6 is 11.3 Å². The molecule has 0 spiro atoms. The summed E-state index contributed by atoms with van der Waals surface area (Å²) in [6.07, 6.45) is 0.618. The number of fused-ring (bicyclic) bond motifs is 1. The number of amides is 1. The first-order valence-corrected chi connectivity index (χ1v) is 10.5. The van der Waals surface area contributed by atoms with E-state index in [9.17, 15) is 18.0 Å². The summed E-state index contributed by atoms with van der Waals surface area (Å²) in [6, 6.07) is 7.43. The van der Waals surface area contributed by atoms with Crippen molar-refractivity contribution in [1.29, 1.82) is 0 Å². The average Bonchev–Trinajstić information content (AvgIpc) is 3.17. The van der Waals surface area contributed by atoms with Crippen LogP contribution in [-0.2, 0) is 4.74 Å². The number of rotatable bonds is 6. The first-order chi connectivity index (χ1) is 14.5. The SMILES string of the molecule is O=C(c1ccc(F)cc1F)N(CCCN1CCOCC1)c1nc2c(F)cccc2s1. The number of hydrogen-bond acceptors (Lipinski definition) is 5. The Kier molecular flexibility index (Phi) is 6.31. The molecule has 1 aliphatic rings. The van der Waals surface area contributed by atoms with Gasteiger partial charge < -0.3 is 4.74 Å². The van der Waals surface area contributed by atoms with Crippen LogP contribution in [0, 0.1) is 17.5 Å². The summed E-state index contributed by atoms with van der Waals surface area (Å²) in [5, 5.41) is 0.283. The topological polar surface area (TPSA) is 45.7 Å². The van der Waals surface area contributed by atoms with Crippen LogP contribution in [0.2, 0.25) is 0 Å². The highest BCUT2D eigenvalue weighted by molar-refractivity contribution is 7.22. The predicted molar refractivity (Wildman–Crippen MR) is 109 cm³/mol. The fraction of sp³-hybridized carbons (Fsp3) is 0.333. The van der Waals surface area contributed by atoms with Gasteiger partial charge in [-0.3, -0.25) is 14.6 Å². The van der Waals surface area contributed by atoms with Crippen molar-refractivity contribution in [2.75, 3.05) is 44.3 Å². The van der Waals surface area contributed by atoms with Crippen molar-refractivity contribution in [3.63, 3.8) is 0 Å². The minimum atomic E-state index is -0.939. The van der Waals surface area contributed by atoms with Gasteiger partial charge in [-0.25, -0.2) is 18.2 Å². The molecule has 30 heavy (non-hydrogen) atoms. The Morgan fingerprint density at radius 1 is 1.13 bits per heavy atom. The molecule has 9 heteroatoms. The molecule has 1 aliphatic heterocycles. The maximum absolute atomic E-state index is 14.3. The van der Waals surface area contributed by atoms with E-state index in [-0.39, 0.29) is 22.8 Å². The van der Waals surface area contributed by atoms with Crippen molar-refractivity contribution in [3.05, 3.63) is 59.4 Å². The Morgan fingerprint density at radius 2 is 1.93 bits per heavy atom. The van der Waals surface area contributed by atoms with E-state index >= 15 is 0 Å². The van der Waals surface area contributed by atoms with Crippen LogP contribution in [0.15, 0.2) is 36.4 Å². The van der Waals surface area contributed by atoms with Crippen molar-refractivity contribution in [2.24, 2.45) is 0 Å². The molecular weight excluding hydrogens is 415 g/mol. The molecule has 1 fully saturated rings. The number of morpholine rings is 1. The first kappa shape index (κ1) is 20.8. The number of ether oxygens (including phenoxy) is 1. The van der Waals surface area contributed by atoms with Crippen LogP contribution in [-0.4, -0.2) is 55.2 Å². The van der Waals surface area contributed by atoms with Crippen LogP contribution in [0.3, 0.4) is 0 Å². The van der Waals surface area contributed by atoms with Crippen LogP contribution < -0.4 is 4.90 Å². The van der Waals surface area contributed by atoms with Gasteiger partial charge in [0.05, 0.1) is 23.5 Å². The van der Waals surface area contributed by atoms with Crippen molar-refractivity contribution in [2.45, 2.75) is 6.42 Å². The molecule has 5 nitrogen and oxygen atoms in total. The van der Waals surface area contributed by atoms with Crippen molar-refractivity contribution in [3.8, 4) is 0 Å². The predicted octanol–water partition coefficient (Wildman–Crippen LogP) is 4.08. The van der Waals surface area contributed by atoms with E-state index in [0.29, 0.717) is 30.4 Å². The molecule has 0 unspecified atom stereocenters. The van der Waals surface area contributed by atoms with Gasteiger partial charge in [0, 0.05) is 32.2 Å². The molecule has 0 saturated carbocycles. The van der Waals surface area contributed by atoms with Crippen LogP contribution in [0.25, 0.3) is 10.2 Å². The van der Waals surface area contributed by atoms with E-state index in [1.54, 1.807) is 12.1 Å². The Labute approximate surface area is 175 Å². The summed E-state index contributed by atoms with van der Waals surface area (Å²) in [5.41, 5.74) is -0.0782. The van der Waals surface area contributed by atoms with E-state index in [1.165, 1.54) is 11.0 Å². The monoisotopic (exact) mass is 435 g/mol. The van der Waals surface area contributed by atoms with E-state index in [0.717, 1.165) is 43.1 Å². The molecule has 0 atom stereocenters. The number of anilines is 1. The third kappa shape index (κ3) is 4.48. The number of para-hydroxylation sites is 1. The standard InChI is InChI=1S/C21H20F3N3O2S/c22-14-5-6-15(17(24)13-14)20(28)27(8-2-7-26-9-11-29-12-10-26)21-25-19-16(23)3-1-4-18(19)30-21/h1,3-6,13H,2,7-12H2. The smallest absolute Gasteiger partial charge is 0.263 e. The Hall–Kier alpha value is -2.49. The first-order valence-electron chi connectivity index (χ1n) is 9.65. The maximum atomic E-state index is 14.3. The lowest BCUT2D eigenvalue weighted by Crippen LogP contribution is -2.39. The molecule has 1 amide bonds. The number of carbonyl (C=O) groups excluding carboxylic acids is 1. The highest BCUT2D eigenvalue weighted by Gasteiger charge is 2.25. The second-order valence-electron chi connectivity index (χ2n) is 6.97. The highest BCUT2D eigenvalue weighted by Crippen LogP contribution is 2.31. The second-order valence-corrected chi connectivity index (χ2v) is 7.98. The fourth-order valence-electron chi connectivity index (χ4n) is 3.39. The van der Waals surface area contributed by atoms with E-state index in [4.69, 9.17) is 4.74 Å². The zero-order valence-electron chi connectivity index (χ0n) is 16.1. The van der Waals surface area contributed by atoms with E-state index in [1.807, 2.05) is 0 Å². The normalized spacial score (nSPS) is 14.9. The summed E-state index contributed by atoms with van der Waals surface area (Å²) < 4.78 is 47.6. The minimum absolute atomic E-state index is 0.169. The molecule has 0 radical (unpaired) electrons. The molecular formula is C21H20F3N3O2S. The number of halogens is 3. The van der Waals surface area contributed by atoms with Crippen LogP contribution in [0.4, 0.5) is 18.3 Å². The number of thiazole rings is 1. The molecule has 3 aromatic rings. The molecule has 0 N–H and O–H groups in total. The number of aromatic nitrogens is 1. The molecule has 2 heterocycles. The zero-order chi connectivity index (χ0) is 21.1. The third-order valence-electron chi connectivity index (χ3n) is 4.96. The van der Waals surface area contributed by atoms with Crippen molar-refractivity contribution < 1.29 is 22.7 Å². The zero-order valence-corrected chi connectivity index (χ0v) is 16.9. The molecule has 1 aromatic heterocycles. The second kappa shape index (κ2) is 9.11. The number of hydrogen-bond donors (Lipinski definition) is 0. The quantitative estimate of drug-likeness (QED) is 0.585. The van der Waals surface area contributed by atoms with Gasteiger partial charge in [-0.05, 0) is 30.7 Å². The summed E-state index contributed by atoms with van der Waals surface area (Å²) >= 11 is 1.16. The van der Waals surface area contributed by atoms with Crippen molar-refractivity contribution in [1.82, 2.24) is 9.88 Å². The Bertz CT molecular complexity index is 1050. The Morgan fingerprint density at radius 3 is 2.67 bits per heavy atom. The molecule has 4 rings (SSSR count). The van der Waals surface area contributed by atoms with Gasteiger partial charge in [0.2, 0.25) is 0 Å². The van der Waals surface area contributed by atoms with Crippen molar-refractivity contribution >= 4 is 32.6 Å². The molecule has 158 valence electrons. The summed E-state index contributed by atoms with van der Waals surface area (Å²) in [7, 11) is 0. The molecule has 0 aliphatic carbocycles. The third-order valence-corrected chi connectivity index (χ3v) is 6.00. The molecule has 0 bridgehead atoms. The molecule has 2 aromatic carbocycles. The number of benzene rings is 2. The largest absolute Gasteiger partial charge is 0.379 e. The van der Waals surface area contributed by atoms with E-state index < -0.39 is 23.4 Å². The van der Waals surface area contributed by atoms with Gasteiger partial charge >= 0.3 is 0 Å². The van der Waals surface area contributed by atoms with Gasteiger partial charge in [0.15, 0.2) is 5.13 Å². The highest BCUT2D eigenvalue weighted by atomic mass is 32.1. The minimum Gasteiger partial charge on any atom is -0.379 e. The summed E-state index contributed by atoms with van der Waals surface area (Å²) in [5.74, 6) is -2.81. The number of carbonyl (C=O) groups is 1. The van der Waals surface area contributed by atoms with E-state index in [2.05, 4.69) is 9.88 Å². The molecule has 1 saturated heterocycles. The van der Waals surface area contributed by atoms with Gasteiger partial charge in [-0.2, -0.15) is 0 Å². The average molecular weight is 435 g/mol. The number of nitrogens with zero attached hydrogens (tertiary/aromatic N) is 3. The van der Waals surface area contributed by atoms with Crippen LogP contribution in [0.1, 0.15) is 16.8 Å². The van der Waals surface area contributed by atoms with Gasteiger partial charge in [-0.15, -0.1) is 0 Å². The lowest BCUT2D eigenvalue weighted by molar-refractivity contribution is 0.0376. The Balaban J connectivity index is 1.61. The fourth-order valence-corrected chi connectivity index (χ4v) is 4.39. The lowest BCUT2D eigenvalue weighted by atomic mass is 10.1. The maximum Gasteiger partial charge on any atom is 0.263 e. The van der Waals surface area contributed by atoms with Gasteiger partial charge in [0.25, 0.3) is 5.91 Å². The lowest BCUT2D eigenvalue weighted by Gasteiger charge is -2.27. The van der Waals surface area contributed by atoms with Gasteiger partial charge in [0.1, 0.15) is 23.0 Å². The summed E-state index contributed by atoms with van der Waals surface area (Å²) in [6.45, 7) is 3.97. The summed E-state index contributed by atoms with van der Waals surface area (Å²) in [4.78, 5) is 21.0. The van der Waals surface area contributed by atoms with Gasteiger partial charge in [-0.1, -0.05) is 17.4 Å². The van der Waals surface area contributed by atoms with Crippen LogP contribution in [0.5, 0.6) is 0 Å².